The Hall–Kier alpha value is -2.34. The van der Waals surface area contributed by atoms with Gasteiger partial charge in [-0.15, -0.1) is 0 Å². The number of amides is 1. The fraction of sp³-hybridized carbons (Fsp3) is 0.350. The van der Waals surface area contributed by atoms with Gasteiger partial charge in [-0.25, -0.2) is 0 Å². The molecule has 0 heterocycles. The number of rotatable bonds is 6. The van der Waals surface area contributed by atoms with E-state index in [1.807, 2.05) is 31.2 Å². The molecule has 26 heavy (non-hydrogen) atoms. The highest BCUT2D eigenvalue weighted by Gasteiger charge is 2.33. The van der Waals surface area contributed by atoms with Gasteiger partial charge in [-0.3, -0.25) is 9.69 Å². The predicted octanol–water partition coefficient (Wildman–Crippen LogP) is 4.15. The molecular weight excluding hydrogens is 341 g/mol. The minimum absolute atomic E-state index is 0.0365. The molecule has 2 aromatic rings. The van der Waals surface area contributed by atoms with Crippen molar-refractivity contribution in [2.24, 2.45) is 0 Å². The molecule has 0 aliphatic carbocycles. The van der Waals surface area contributed by atoms with Crippen LogP contribution < -0.4 is 5.32 Å². The Morgan fingerprint density at radius 3 is 2.35 bits per heavy atom. The molecule has 0 fully saturated rings. The number of halogens is 3. The van der Waals surface area contributed by atoms with Crippen molar-refractivity contribution in [3.05, 3.63) is 70.8 Å². The Morgan fingerprint density at radius 2 is 1.73 bits per heavy atom. The third-order valence-electron chi connectivity index (χ3n) is 4.37. The van der Waals surface area contributed by atoms with Crippen molar-refractivity contribution in [1.29, 1.82) is 0 Å². The summed E-state index contributed by atoms with van der Waals surface area (Å²) in [5.41, 5.74) is 1.59. The molecule has 1 amide bonds. The second kappa shape index (κ2) is 8.36. The van der Waals surface area contributed by atoms with Crippen LogP contribution in [0.15, 0.2) is 48.5 Å². The molecule has 0 radical (unpaired) electrons. The number of nitrogens with one attached hydrogen (secondary N) is 1. The van der Waals surface area contributed by atoms with Gasteiger partial charge in [0.05, 0.1) is 11.6 Å². The summed E-state index contributed by atoms with van der Waals surface area (Å²) < 4.78 is 39.3. The van der Waals surface area contributed by atoms with E-state index in [2.05, 4.69) is 5.32 Å². The zero-order valence-electron chi connectivity index (χ0n) is 15.1. The molecule has 2 rings (SSSR count). The van der Waals surface area contributed by atoms with Gasteiger partial charge in [0.1, 0.15) is 0 Å². The molecule has 0 bridgehead atoms. The van der Waals surface area contributed by atoms with E-state index in [0.717, 1.165) is 17.2 Å². The second-order valence-electron chi connectivity index (χ2n) is 6.45. The first-order valence-corrected chi connectivity index (χ1v) is 8.37. The molecule has 2 aromatic carbocycles. The van der Waals surface area contributed by atoms with Crippen LogP contribution in [0.25, 0.3) is 0 Å². The van der Waals surface area contributed by atoms with Crippen molar-refractivity contribution in [1.82, 2.24) is 10.2 Å². The van der Waals surface area contributed by atoms with Crippen molar-refractivity contribution in [2.45, 2.75) is 39.2 Å². The van der Waals surface area contributed by atoms with Crippen LogP contribution in [0.3, 0.4) is 0 Å². The van der Waals surface area contributed by atoms with E-state index in [9.17, 15) is 18.0 Å². The smallest absolute Gasteiger partial charge is 0.351 e. The Labute approximate surface area is 151 Å². The summed E-state index contributed by atoms with van der Waals surface area (Å²) in [7, 11) is 1.64. The lowest BCUT2D eigenvalue weighted by molar-refractivity contribution is -0.138. The topological polar surface area (TPSA) is 32.3 Å². The Kier molecular flexibility index (Phi) is 6.42. The Morgan fingerprint density at radius 1 is 1.12 bits per heavy atom. The van der Waals surface area contributed by atoms with E-state index >= 15 is 0 Å². The summed E-state index contributed by atoms with van der Waals surface area (Å²) in [4.78, 5) is 13.9. The van der Waals surface area contributed by atoms with Crippen molar-refractivity contribution < 1.29 is 18.0 Å². The van der Waals surface area contributed by atoms with Gasteiger partial charge in [0.25, 0.3) is 0 Å². The maximum atomic E-state index is 13.1. The third kappa shape index (κ3) is 5.33. The van der Waals surface area contributed by atoms with Crippen LogP contribution in [-0.4, -0.2) is 23.9 Å². The number of hydrogen-bond donors (Lipinski definition) is 1. The largest absolute Gasteiger partial charge is 0.416 e. The van der Waals surface area contributed by atoms with E-state index in [4.69, 9.17) is 0 Å². The van der Waals surface area contributed by atoms with Crippen molar-refractivity contribution in [3.63, 3.8) is 0 Å². The quantitative estimate of drug-likeness (QED) is 0.835. The molecule has 0 saturated carbocycles. The molecule has 3 nitrogen and oxygen atoms in total. The molecule has 6 heteroatoms. The van der Waals surface area contributed by atoms with Crippen molar-refractivity contribution in [3.8, 4) is 0 Å². The summed E-state index contributed by atoms with van der Waals surface area (Å²) in [5, 5.41) is 2.83. The minimum atomic E-state index is -4.41. The zero-order chi connectivity index (χ0) is 19.3. The molecule has 1 N–H and O–H groups in total. The number of hydrogen-bond acceptors (Lipinski definition) is 2. The molecular formula is C20H23F3N2O. The molecule has 0 aromatic heterocycles. The molecule has 140 valence electrons. The van der Waals surface area contributed by atoms with Gasteiger partial charge in [0.15, 0.2) is 0 Å². The molecule has 0 spiro atoms. The first-order valence-electron chi connectivity index (χ1n) is 8.37. The second-order valence-corrected chi connectivity index (χ2v) is 6.45. The highest BCUT2D eigenvalue weighted by atomic mass is 19.4. The zero-order valence-corrected chi connectivity index (χ0v) is 15.1. The Bertz CT molecular complexity index is 741. The normalized spacial score (nSPS) is 12.9. The lowest BCUT2D eigenvalue weighted by Crippen LogP contribution is -2.42. The van der Waals surface area contributed by atoms with Crippen LogP contribution in [0.1, 0.15) is 29.2 Å². The maximum Gasteiger partial charge on any atom is 0.416 e. The van der Waals surface area contributed by atoms with E-state index < -0.39 is 17.8 Å². The number of carbonyl (C=O) groups excluding carboxylic acids is 1. The predicted molar refractivity (Wildman–Crippen MR) is 95.4 cm³/mol. The van der Waals surface area contributed by atoms with Crippen LogP contribution in [0.5, 0.6) is 0 Å². The lowest BCUT2D eigenvalue weighted by Gasteiger charge is -2.25. The number of aryl methyl sites for hydroxylation is 1. The van der Waals surface area contributed by atoms with Gasteiger partial charge < -0.3 is 5.32 Å². The molecule has 0 saturated heterocycles. The monoisotopic (exact) mass is 364 g/mol. The van der Waals surface area contributed by atoms with Crippen LogP contribution in [-0.2, 0) is 24.1 Å². The molecule has 0 aliphatic rings. The van der Waals surface area contributed by atoms with E-state index in [1.165, 1.54) is 12.1 Å². The van der Waals surface area contributed by atoms with Gasteiger partial charge in [-0.05, 0) is 38.1 Å². The highest BCUT2D eigenvalue weighted by Crippen LogP contribution is 2.32. The molecule has 1 atom stereocenters. The summed E-state index contributed by atoms with van der Waals surface area (Å²) in [6, 6.07) is 12.7. The average Bonchev–Trinajstić information content (AvgIpc) is 2.59. The van der Waals surface area contributed by atoms with Crippen LogP contribution in [0, 0.1) is 6.92 Å². The maximum absolute atomic E-state index is 13.1. The highest BCUT2D eigenvalue weighted by molar-refractivity contribution is 5.81. The summed E-state index contributed by atoms with van der Waals surface area (Å²) in [6.07, 6.45) is -4.41. The number of benzene rings is 2. The fourth-order valence-corrected chi connectivity index (χ4v) is 2.58. The molecule has 0 aliphatic heterocycles. The van der Waals surface area contributed by atoms with Crippen LogP contribution >= 0.6 is 0 Å². The Balaban J connectivity index is 1.97. The van der Waals surface area contributed by atoms with Crippen LogP contribution in [0.4, 0.5) is 13.2 Å². The van der Waals surface area contributed by atoms with E-state index in [1.54, 1.807) is 24.9 Å². The molecule has 1 unspecified atom stereocenters. The number of likely N-dealkylation sites (N-methyl/N-ethyl adjacent to an activating group) is 1. The minimum Gasteiger partial charge on any atom is -0.351 e. The number of nitrogens with zero attached hydrogens (tertiary/aromatic N) is 1. The first-order chi connectivity index (χ1) is 12.2. The third-order valence-corrected chi connectivity index (χ3v) is 4.37. The van der Waals surface area contributed by atoms with Gasteiger partial charge >= 0.3 is 6.18 Å². The first kappa shape index (κ1) is 20.0. The SMILES string of the molecule is Cc1ccc(CNC(=O)C(C)N(C)Cc2ccccc2C(F)(F)F)cc1. The van der Waals surface area contributed by atoms with Crippen molar-refractivity contribution in [2.75, 3.05) is 7.05 Å². The van der Waals surface area contributed by atoms with Gasteiger partial charge in [-0.1, -0.05) is 48.0 Å². The van der Waals surface area contributed by atoms with E-state index in [-0.39, 0.29) is 18.0 Å². The number of alkyl halides is 3. The van der Waals surface area contributed by atoms with Crippen molar-refractivity contribution >= 4 is 5.91 Å². The summed E-state index contributed by atoms with van der Waals surface area (Å²) in [6.45, 7) is 4.09. The van der Waals surface area contributed by atoms with Gasteiger partial charge in [-0.2, -0.15) is 13.2 Å². The summed E-state index contributed by atoms with van der Waals surface area (Å²) in [5.74, 6) is -0.224. The summed E-state index contributed by atoms with van der Waals surface area (Å²) >= 11 is 0. The lowest BCUT2D eigenvalue weighted by atomic mass is 10.1. The van der Waals surface area contributed by atoms with Gasteiger partial charge in [0, 0.05) is 13.1 Å². The van der Waals surface area contributed by atoms with Crippen LogP contribution in [0.2, 0.25) is 0 Å². The number of carbonyl (C=O) groups is 1. The average molecular weight is 364 g/mol. The van der Waals surface area contributed by atoms with E-state index in [0.29, 0.717) is 6.54 Å². The van der Waals surface area contributed by atoms with Gasteiger partial charge in [0.2, 0.25) is 5.91 Å². The standard InChI is InChI=1S/C20H23F3N2O/c1-14-8-10-16(11-9-14)12-24-19(26)15(2)25(3)13-17-6-4-5-7-18(17)20(21,22)23/h4-11,15H,12-13H2,1-3H3,(H,24,26). The fourth-order valence-electron chi connectivity index (χ4n) is 2.58.